The molecule has 0 saturated carbocycles. The lowest BCUT2D eigenvalue weighted by atomic mass is 9.97. The van der Waals surface area contributed by atoms with Gasteiger partial charge in [0.05, 0.1) is 0 Å². The average Bonchev–Trinajstić information content (AvgIpc) is 2.28. The molecule has 1 unspecified atom stereocenters. The Morgan fingerprint density at radius 2 is 1.82 bits per heavy atom. The maximum Gasteiger partial charge on any atom is 0.326 e. The third-order valence-corrected chi connectivity index (χ3v) is 4.27. The predicted molar refractivity (Wildman–Crippen MR) is 69.1 cm³/mol. The van der Waals surface area contributed by atoms with Crippen LogP contribution in [0.1, 0.15) is 26.7 Å². The molecule has 98 valence electrons. The van der Waals surface area contributed by atoms with Crippen LogP contribution in [0.25, 0.3) is 0 Å². The van der Waals surface area contributed by atoms with Gasteiger partial charge in [-0.15, -0.1) is 0 Å². The molecule has 17 heavy (non-hydrogen) atoms. The molecule has 0 radical (unpaired) electrons. The first-order valence-electron chi connectivity index (χ1n) is 6.02. The number of carbonyl (C=O) groups excluding carboxylic acids is 1. The number of aliphatic carboxylic acids is 1. The highest BCUT2D eigenvalue weighted by molar-refractivity contribution is 7.99. The highest BCUT2D eigenvalue weighted by Gasteiger charge is 2.33. The van der Waals surface area contributed by atoms with Gasteiger partial charge in [-0.05, 0) is 30.3 Å². The Hall–Kier alpha value is -0.710. The fourth-order valence-electron chi connectivity index (χ4n) is 2.27. The third-order valence-electron chi connectivity index (χ3n) is 3.22. The topological polar surface area (TPSA) is 57.6 Å². The highest BCUT2D eigenvalue weighted by Crippen LogP contribution is 2.25. The van der Waals surface area contributed by atoms with Gasteiger partial charge in [-0.3, -0.25) is 4.79 Å². The fourth-order valence-corrected chi connectivity index (χ4v) is 3.37. The van der Waals surface area contributed by atoms with E-state index in [4.69, 9.17) is 5.11 Å². The molecule has 0 aromatic carbocycles. The summed E-state index contributed by atoms with van der Waals surface area (Å²) in [5.74, 6) is 1.03. The van der Waals surface area contributed by atoms with Crippen molar-refractivity contribution in [1.82, 2.24) is 4.90 Å². The molecule has 0 aromatic heterocycles. The molecule has 1 saturated heterocycles. The van der Waals surface area contributed by atoms with E-state index in [0.717, 1.165) is 24.3 Å². The van der Waals surface area contributed by atoms with Crippen LogP contribution in [0.3, 0.4) is 0 Å². The van der Waals surface area contributed by atoms with Gasteiger partial charge in [0.2, 0.25) is 5.91 Å². The zero-order chi connectivity index (χ0) is 13.0. The number of thioether (sulfide) groups is 1. The second kappa shape index (κ2) is 6.28. The van der Waals surface area contributed by atoms with Gasteiger partial charge in [-0.25, -0.2) is 4.79 Å². The highest BCUT2D eigenvalue weighted by atomic mass is 32.2. The number of hydrogen-bond donors (Lipinski definition) is 1. The number of rotatable bonds is 4. The molecule has 1 fully saturated rings. The molecular formula is C12H21NO3S. The minimum absolute atomic E-state index is 0.00796. The molecule has 1 N–H and O–H groups in total. The molecule has 1 aliphatic heterocycles. The van der Waals surface area contributed by atoms with Crippen molar-refractivity contribution in [3.63, 3.8) is 0 Å². The molecule has 0 spiro atoms. The summed E-state index contributed by atoms with van der Waals surface area (Å²) >= 11 is 1.86. The van der Waals surface area contributed by atoms with Crippen molar-refractivity contribution in [2.24, 2.45) is 11.8 Å². The van der Waals surface area contributed by atoms with Crippen molar-refractivity contribution in [2.75, 3.05) is 18.6 Å². The average molecular weight is 259 g/mol. The Labute approximate surface area is 107 Å². The van der Waals surface area contributed by atoms with Crippen molar-refractivity contribution in [2.45, 2.75) is 32.7 Å². The number of hydrogen-bond acceptors (Lipinski definition) is 3. The van der Waals surface area contributed by atoms with Gasteiger partial charge in [0.1, 0.15) is 6.04 Å². The van der Waals surface area contributed by atoms with Crippen molar-refractivity contribution < 1.29 is 14.7 Å². The van der Waals surface area contributed by atoms with Crippen LogP contribution in [0.5, 0.6) is 0 Å². The monoisotopic (exact) mass is 259 g/mol. The quantitative estimate of drug-likeness (QED) is 0.835. The van der Waals surface area contributed by atoms with Crippen molar-refractivity contribution >= 4 is 23.6 Å². The molecular weight excluding hydrogens is 238 g/mol. The Kier molecular flexibility index (Phi) is 5.31. The lowest BCUT2D eigenvalue weighted by molar-refractivity contribution is -0.152. The third kappa shape index (κ3) is 3.63. The van der Waals surface area contributed by atoms with Crippen LogP contribution in [0.2, 0.25) is 0 Å². The Balaban J connectivity index is 2.68. The summed E-state index contributed by atoms with van der Waals surface area (Å²) in [7, 11) is 1.61. The van der Waals surface area contributed by atoms with Crippen LogP contribution in [0.15, 0.2) is 0 Å². The minimum Gasteiger partial charge on any atom is -0.480 e. The Morgan fingerprint density at radius 1 is 1.29 bits per heavy atom. The summed E-state index contributed by atoms with van der Waals surface area (Å²) in [6, 6.07) is -0.711. The summed E-state index contributed by atoms with van der Waals surface area (Å²) < 4.78 is 0. The first kappa shape index (κ1) is 14.4. The molecule has 1 rings (SSSR count). The van der Waals surface area contributed by atoms with Crippen molar-refractivity contribution in [3.8, 4) is 0 Å². The number of carboxylic acids is 1. The summed E-state index contributed by atoms with van der Waals surface area (Å²) in [5, 5.41) is 9.16. The normalized spacial score (nSPS) is 19.1. The van der Waals surface area contributed by atoms with E-state index in [2.05, 4.69) is 0 Å². The molecule has 1 aliphatic rings. The molecule has 1 amide bonds. The molecule has 0 bridgehead atoms. The van der Waals surface area contributed by atoms with E-state index in [1.807, 2.05) is 25.6 Å². The number of carbonyl (C=O) groups is 2. The van der Waals surface area contributed by atoms with Crippen LogP contribution in [-0.4, -0.2) is 46.5 Å². The van der Waals surface area contributed by atoms with E-state index in [0.29, 0.717) is 0 Å². The first-order valence-corrected chi connectivity index (χ1v) is 7.17. The second-order valence-corrected chi connectivity index (χ2v) is 6.09. The SMILES string of the molecule is CC(C)C(C(=O)O)N(C)C(=O)C1CCSCC1. The zero-order valence-electron chi connectivity index (χ0n) is 10.7. The lowest BCUT2D eigenvalue weighted by Gasteiger charge is -2.32. The van der Waals surface area contributed by atoms with E-state index >= 15 is 0 Å². The molecule has 4 nitrogen and oxygen atoms in total. The van der Waals surface area contributed by atoms with E-state index in [1.54, 1.807) is 7.05 Å². The van der Waals surface area contributed by atoms with E-state index in [1.165, 1.54) is 4.90 Å². The summed E-state index contributed by atoms with van der Waals surface area (Å²) in [6.07, 6.45) is 1.75. The van der Waals surface area contributed by atoms with E-state index in [-0.39, 0.29) is 17.7 Å². The molecule has 1 atom stereocenters. The molecule has 1 heterocycles. The van der Waals surface area contributed by atoms with Gasteiger partial charge in [0, 0.05) is 13.0 Å². The standard InChI is InChI=1S/C12H21NO3S/c1-8(2)10(12(15)16)13(3)11(14)9-4-6-17-7-5-9/h8-10H,4-7H2,1-3H3,(H,15,16). The lowest BCUT2D eigenvalue weighted by Crippen LogP contribution is -2.48. The molecule has 0 aromatic rings. The molecule has 0 aliphatic carbocycles. The Bertz CT molecular complexity index is 287. The number of amides is 1. The van der Waals surface area contributed by atoms with Crippen LogP contribution >= 0.6 is 11.8 Å². The van der Waals surface area contributed by atoms with Gasteiger partial charge in [0.15, 0.2) is 0 Å². The van der Waals surface area contributed by atoms with E-state index in [9.17, 15) is 9.59 Å². The summed E-state index contributed by atoms with van der Waals surface area (Å²) in [5.41, 5.74) is 0. The van der Waals surface area contributed by atoms with Crippen LogP contribution in [0.4, 0.5) is 0 Å². The first-order chi connectivity index (χ1) is 7.95. The smallest absolute Gasteiger partial charge is 0.326 e. The number of nitrogens with zero attached hydrogens (tertiary/aromatic N) is 1. The second-order valence-electron chi connectivity index (χ2n) is 4.86. The minimum atomic E-state index is -0.916. The zero-order valence-corrected chi connectivity index (χ0v) is 11.5. The van der Waals surface area contributed by atoms with Gasteiger partial charge >= 0.3 is 5.97 Å². The van der Waals surface area contributed by atoms with E-state index < -0.39 is 12.0 Å². The van der Waals surface area contributed by atoms with Gasteiger partial charge < -0.3 is 10.0 Å². The van der Waals surface area contributed by atoms with Crippen molar-refractivity contribution in [3.05, 3.63) is 0 Å². The van der Waals surface area contributed by atoms with Gasteiger partial charge in [-0.1, -0.05) is 13.8 Å². The maximum absolute atomic E-state index is 12.2. The largest absolute Gasteiger partial charge is 0.480 e. The maximum atomic E-state index is 12.2. The predicted octanol–water partition coefficient (Wildman–Crippen LogP) is 1.70. The molecule has 5 heteroatoms. The van der Waals surface area contributed by atoms with Gasteiger partial charge in [0.25, 0.3) is 0 Å². The van der Waals surface area contributed by atoms with Crippen molar-refractivity contribution in [1.29, 1.82) is 0 Å². The van der Waals surface area contributed by atoms with Crippen LogP contribution < -0.4 is 0 Å². The number of carboxylic acid groups (broad SMARTS) is 1. The summed E-state index contributed by atoms with van der Waals surface area (Å²) in [4.78, 5) is 24.8. The number of likely N-dealkylation sites (N-methyl/N-ethyl adjacent to an activating group) is 1. The Morgan fingerprint density at radius 3 is 2.24 bits per heavy atom. The fraction of sp³-hybridized carbons (Fsp3) is 0.833. The van der Waals surface area contributed by atoms with Crippen LogP contribution in [0, 0.1) is 11.8 Å². The van der Waals surface area contributed by atoms with Crippen LogP contribution in [-0.2, 0) is 9.59 Å². The summed E-state index contributed by atoms with van der Waals surface area (Å²) in [6.45, 7) is 3.67. The van der Waals surface area contributed by atoms with Gasteiger partial charge in [-0.2, -0.15) is 11.8 Å².